The van der Waals surface area contributed by atoms with Gasteiger partial charge in [-0.05, 0) is 68.7 Å². The normalized spacial score (nSPS) is 13.1. The number of anilines is 1. The molecule has 0 heterocycles. The highest BCUT2D eigenvalue weighted by Crippen LogP contribution is 2.26. The summed E-state index contributed by atoms with van der Waals surface area (Å²) in [6.45, 7) is 6.93. The molecule has 0 radical (unpaired) electrons. The van der Waals surface area contributed by atoms with E-state index in [0.717, 1.165) is 27.0 Å². The maximum absolute atomic E-state index is 13.5. The van der Waals surface area contributed by atoms with Gasteiger partial charge >= 0.3 is 0 Å². The van der Waals surface area contributed by atoms with E-state index in [2.05, 4.69) is 21.2 Å². The number of carbonyl (C=O) groups is 2. The van der Waals surface area contributed by atoms with E-state index in [1.165, 1.54) is 4.90 Å². The summed E-state index contributed by atoms with van der Waals surface area (Å²) in [6.07, 6.45) is 1.79. The summed E-state index contributed by atoms with van der Waals surface area (Å²) >= 11 is 9.42. The summed E-state index contributed by atoms with van der Waals surface area (Å²) in [4.78, 5) is 27.8. The highest BCUT2D eigenvalue weighted by molar-refractivity contribution is 9.10. The standard InChI is InChI=1S/C24H31BrClN3O4S/c1-6-17(3)27-24(31)18(4)28(14-19-7-9-20(25)10-8-19)23(30)15-29(34(5,32)33)22-12-11-21(26)13-16(22)2/h7-13,17-18H,6,14-15H2,1-5H3,(H,27,31). The van der Waals surface area contributed by atoms with Gasteiger partial charge in [-0.25, -0.2) is 8.42 Å². The van der Waals surface area contributed by atoms with Gasteiger partial charge in [0.15, 0.2) is 0 Å². The third-order valence-corrected chi connectivity index (χ3v) is 7.43. The Kier molecular flexibility index (Phi) is 9.96. The van der Waals surface area contributed by atoms with Crippen molar-refractivity contribution in [2.24, 2.45) is 0 Å². The molecule has 0 aliphatic carbocycles. The van der Waals surface area contributed by atoms with Gasteiger partial charge in [-0.3, -0.25) is 13.9 Å². The lowest BCUT2D eigenvalue weighted by Crippen LogP contribution is -2.52. The van der Waals surface area contributed by atoms with Gasteiger partial charge in [-0.1, -0.05) is 46.6 Å². The van der Waals surface area contributed by atoms with Gasteiger partial charge in [0.1, 0.15) is 12.6 Å². The second kappa shape index (κ2) is 12.0. The van der Waals surface area contributed by atoms with Crippen molar-refractivity contribution >= 4 is 55.1 Å². The zero-order valence-corrected chi connectivity index (χ0v) is 23.2. The van der Waals surface area contributed by atoms with Crippen LogP contribution in [0, 0.1) is 6.92 Å². The maximum atomic E-state index is 13.5. The predicted octanol–water partition coefficient (Wildman–Crippen LogP) is 4.51. The first-order chi connectivity index (χ1) is 15.8. The smallest absolute Gasteiger partial charge is 0.244 e. The van der Waals surface area contributed by atoms with Crippen LogP contribution in [0.15, 0.2) is 46.9 Å². The first-order valence-electron chi connectivity index (χ1n) is 10.9. The topological polar surface area (TPSA) is 86.8 Å². The molecule has 186 valence electrons. The molecule has 2 aromatic carbocycles. The van der Waals surface area contributed by atoms with Crippen molar-refractivity contribution < 1.29 is 18.0 Å². The molecule has 10 heteroatoms. The number of aryl methyl sites for hydroxylation is 1. The summed E-state index contributed by atoms with van der Waals surface area (Å²) in [7, 11) is -3.79. The number of rotatable bonds is 10. The van der Waals surface area contributed by atoms with Gasteiger partial charge in [0, 0.05) is 22.1 Å². The zero-order valence-electron chi connectivity index (χ0n) is 20.0. The second-order valence-corrected chi connectivity index (χ2v) is 11.6. The lowest BCUT2D eigenvalue weighted by molar-refractivity contribution is -0.139. The molecule has 0 saturated heterocycles. The second-order valence-electron chi connectivity index (χ2n) is 8.34. The molecule has 34 heavy (non-hydrogen) atoms. The van der Waals surface area contributed by atoms with Crippen molar-refractivity contribution in [2.45, 2.75) is 52.7 Å². The van der Waals surface area contributed by atoms with Crippen molar-refractivity contribution in [2.75, 3.05) is 17.1 Å². The third-order valence-electron chi connectivity index (χ3n) is 5.54. The predicted molar refractivity (Wildman–Crippen MR) is 140 cm³/mol. The Hall–Kier alpha value is -2.10. The van der Waals surface area contributed by atoms with E-state index in [1.54, 1.807) is 32.0 Å². The van der Waals surface area contributed by atoms with Gasteiger partial charge in [0.05, 0.1) is 11.9 Å². The fraction of sp³-hybridized carbons (Fsp3) is 0.417. The number of carbonyl (C=O) groups excluding carboxylic acids is 2. The van der Waals surface area contributed by atoms with Crippen LogP contribution in [0.2, 0.25) is 5.02 Å². The first kappa shape index (κ1) is 28.1. The van der Waals surface area contributed by atoms with E-state index in [4.69, 9.17) is 11.6 Å². The number of amides is 2. The molecule has 2 unspecified atom stereocenters. The van der Waals surface area contributed by atoms with Gasteiger partial charge < -0.3 is 10.2 Å². The highest BCUT2D eigenvalue weighted by Gasteiger charge is 2.30. The number of benzene rings is 2. The fourth-order valence-corrected chi connectivity index (χ4v) is 4.73. The minimum absolute atomic E-state index is 0.0520. The van der Waals surface area contributed by atoms with Crippen LogP contribution in [-0.4, -0.2) is 50.0 Å². The van der Waals surface area contributed by atoms with Crippen LogP contribution in [0.25, 0.3) is 0 Å². The van der Waals surface area contributed by atoms with Crippen LogP contribution < -0.4 is 9.62 Å². The Morgan fingerprint density at radius 2 is 1.74 bits per heavy atom. The SMILES string of the molecule is CCC(C)NC(=O)C(C)N(Cc1ccc(Br)cc1)C(=O)CN(c1ccc(Cl)cc1C)S(C)(=O)=O. The van der Waals surface area contributed by atoms with E-state index in [1.807, 2.05) is 38.1 Å². The zero-order chi connectivity index (χ0) is 25.6. The monoisotopic (exact) mass is 571 g/mol. The molecule has 0 saturated carbocycles. The van der Waals surface area contributed by atoms with E-state index >= 15 is 0 Å². The number of halogens is 2. The summed E-state index contributed by atoms with van der Waals surface area (Å²) in [5.74, 6) is -0.789. The molecule has 2 amide bonds. The van der Waals surface area contributed by atoms with Crippen molar-refractivity contribution in [3.63, 3.8) is 0 Å². The molecule has 0 aliphatic heterocycles. The van der Waals surface area contributed by atoms with Crippen LogP contribution in [0.3, 0.4) is 0 Å². The van der Waals surface area contributed by atoms with E-state index in [-0.39, 0.29) is 18.5 Å². The van der Waals surface area contributed by atoms with E-state index < -0.39 is 28.5 Å². The van der Waals surface area contributed by atoms with Crippen molar-refractivity contribution in [3.8, 4) is 0 Å². The first-order valence-corrected chi connectivity index (χ1v) is 13.9. The van der Waals surface area contributed by atoms with Gasteiger partial charge in [-0.15, -0.1) is 0 Å². The van der Waals surface area contributed by atoms with E-state index in [0.29, 0.717) is 16.3 Å². The van der Waals surface area contributed by atoms with Crippen LogP contribution in [0.5, 0.6) is 0 Å². The van der Waals surface area contributed by atoms with Crippen LogP contribution >= 0.6 is 27.5 Å². The Morgan fingerprint density at radius 1 is 1.12 bits per heavy atom. The molecular weight excluding hydrogens is 542 g/mol. The lowest BCUT2D eigenvalue weighted by Gasteiger charge is -2.32. The molecule has 0 spiro atoms. The molecule has 0 fully saturated rings. The number of nitrogens with one attached hydrogen (secondary N) is 1. The summed E-state index contributed by atoms with van der Waals surface area (Å²) in [5.41, 5.74) is 1.79. The summed E-state index contributed by atoms with van der Waals surface area (Å²) < 4.78 is 27.2. The Balaban J connectivity index is 2.41. The number of hydrogen-bond donors (Lipinski definition) is 1. The van der Waals surface area contributed by atoms with Gasteiger partial charge in [0.2, 0.25) is 21.8 Å². The van der Waals surface area contributed by atoms with Gasteiger partial charge in [-0.2, -0.15) is 0 Å². The number of nitrogens with zero attached hydrogens (tertiary/aromatic N) is 2. The summed E-state index contributed by atoms with van der Waals surface area (Å²) in [5, 5.41) is 3.37. The summed E-state index contributed by atoms with van der Waals surface area (Å²) in [6, 6.07) is 11.3. The molecule has 1 N–H and O–H groups in total. The quantitative estimate of drug-likeness (QED) is 0.454. The number of sulfonamides is 1. The van der Waals surface area contributed by atoms with Crippen LogP contribution in [-0.2, 0) is 26.2 Å². The average Bonchev–Trinajstić information content (AvgIpc) is 2.76. The van der Waals surface area contributed by atoms with E-state index in [9.17, 15) is 18.0 Å². The molecule has 0 aromatic heterocycles. The largest absolute Gasteiger partial charge is 0.352 e. The molecule has 0 bridgehead atoms. The molecule has 2 aromatic rings. The third kappa shape index (κ3) is 7.71. The Bertz CT molecular complexity index is 1130. The van der Waals surface area contributed by atoms with Crippen molar-refractivity contribution in [1.29, 1.82) is 0 Å². The minimum atomic E-state index is -3.79. The fourth-order valence-electron chi connectivity index (χ4n) is 3.33. The Morgan fingerprint density at radius 3 is 2.26 bits per heavy atom. The molecule has 2 atom stereocenters. The van der Waals surface area contributed by atoms with Crippen molar-refractivity contribution in [3.05, 3.63) is 63.1 Å². The van der Waals surface area contributed by atoms with Gasteiger partial charge in [0.25, 0.3) is 0 Å². The average molecular weight is 573 g/mol. The molecular formula is C24H31BrClN3O4S. The minimum Gasteiger partial charge on any atom is -0.352 e. The molecule has 2 rings (SSSR count). The maximum Gasteiger partial charge on any atom is 0.244 e. The number of hydrogen-bond acceptors (Lipinski definition) is 4. The van der Waals surface area contributed by atoms with Crippen molar-refractivity contribution in [1.82, 2.24) is 10.2 Å². The van der Waals surface area contributed by atoms with Crippen LogP contribution in [0.4, 0.5) is 5.69 Å². The van der Waals surface area contributed by atoms with Crippen LogP contribution in [0.1, 0.15) is 38.3 Å². The highest BCUT2D eigenvalue weighted by atomic mass is 79.9. The lowest BCUT2D eigenvalue weighted by atomic mass is 10.1. The Labute approximate surface area is 215 Å². The molecule has 7 nitrogen and oxygen atoms in total. The molecule has 0 aliphatic rings.